The van der Waals surface area contributed by atoms with Crippen LogP contribution >= 0.6 is 0 Å². The van der Waals surface area contributed by atoms with Crippen molar-refractivity contribution in [2.75, 3.05) is 6.61 Å². The normalized spacial score (nSPS) is 31.0. The summed E-state index contributed by atoms with van der Waals surface area (Å²) >= 11 is 0. The van der Waals surface area contributed by atoms with E-state index < -0.39 is 0 Å². The van der Waals surface area contributed by atoms with E-state index in [-0.39, 0.29) is 12.7 Å². The Hall–Kier alpha value is -0.0800. The van der Waals surface area contributed by atoms with E-state index in [9.17, 15) is 0 Å². The molecule has 12 heavy (non-hydrogen) atoms. The lowest BCUT2D eigenvalue weighted by Crippen LogP contribution is -2.30. The Morgan fingerprint density at radius 1 is 1.33 bits per heavy atom. The smallest absolute Gasteiger partial charge is 0.0809 e. The molecule has 2 atom stereocenters. The summed E-state index contributed by atoms with van der Waals surface area (Å²) < 4.78 is 5.70. The van der Waals surface area contributed by atoms with Crippen molar-refractivity contribution in [1.29, 1.82) is 0 Å². The quantitative estimate of drug-likeness (QED) is 0.705. The first kappa shape index (κ1) is 10.0. The summed E-state index contributed by atoms with van der Waals surface area (Å²) in [4.78, 5) is 0. The number of aliphatic hydroxyl groups is 1. The van der Waals surface area contributed by atoms with Gasteiger partial charge in [0, 0.05) is 0 Å². The Balaban J connectivity index is 2.25. The van der Waals surface area contributed by atoms with Crippen molar-refractivity contribution in [1.82, 2.24) is 0 Å². The maximum Gasteiger partial charge on any atom is 0.0809 e. The monoisotopic (exact) mass is 172 g/mol. The predicted molar refractivity (Wildman–Crippen MR) is 49.1 cm³/mol. The summed E-state index contributed by atoms with van der Waals surface area (Å²) in [6, 6.07) is 0. The molecule has 1 aliphatic rings. The lowest BCUT2D eigenvalue weighted by Gasteiger charge is -2.29. The molecule has 1 N–H and O–H groups in total. The topological polar surface area (TPSA) is 29.5 Å². The summed E-state index contributed by atoms with van der Waals surface area (Å²) in [5, 5.41) is 8.92. The van der Waals surface area contributed by atoms with Crippen LogP contribution in [0.15, 0.2) is 0 Å². The van der Waals surface area contributed by atoms with E-state index in [0.717, 1.165) is 12.8 Å². The molecule has 1 rings (SSSR count). The molecule has 0 aliphatic carbocycles. The third kappa shape index (κ3) is 3.11. The molecule has 1 fully saturated rings. The van der Waals surface area contributed by atoms with Crippen molar-refractivity contribution in [2.45, 2.75) is 51.7 Å². The Morgan fingerprint density at radius 2 is 2.00 bits per heavy atom. The minimum absolute atomic E-state index is 0.113. The van der Waals surface area contributed by atoms with Gasteiger partial charge in [0.25, 0.3) is 0 Å². The highest BCUT2D eigenvalue weighted by Gasteiger charge is 2.21. The number of rotatable bonds is 3. The van der Waals surface area contributed by atoms with E-state index in [1.165, 1.54) is 12.8 Å². The molecule has 1 saturated heterocycles. The zero-order valence-corrected chi connectivity index (χ0v) is 8.12. The SMILES string of the molecule is CC(C)CC1CCCC(CO)O1. The van der Waals surface area contributed by atoms with E-state index in [2.05, 4.69) is 13.8 Å². The standard InChI is InChI=1S/C10H20O2/c1-8(2)6-9-4-3-5-10(7-11)12-9/h8-11H,3-7H2,1-2H3. The molecule has 0 saturated carbocycles. The van der Waals surface area contributed by atoms with Gasteiger partial charge in [0.05, 0.1) is 18.8 Å². The van der Waals surface area contributed by atoms with Crippen LogP contribution in [0.3, 0.4) is 0 Å². The maximum absolute atomic E-state index is 8.92. The molecule has 2 heteroatoms. The van der Waals surface area contributed by atoms with Crippen LogP contribution in [0.25, 0.3) is 0 Å². The molecule has 2 nitrogen and oxygen atoms in total. The van der Waals surface area contributed by atoms with Crippen molar-refractivity contribution >= 4 is 0 Å². The van der Waals surface area contributed by atoms with Crippen LogP contribution in [0.2, 0.25) is 0 Å². The Kier molecular flexibility index (Phi) is 4.02. The van der Waals surface area contributed by atoms with Crippen LogP contribution in [0.5, 0.6) is 0 Å². The fourth-order valence-electron chi connectivity index (χ4n) is 1.81. The highest BCUT2D eigenvalue weighted by atomic mass is 16.5. The first-order valence-corrected chi connectivity index (χ1v) is 4.98. The molecule has 2 unspecified atom stereocenters. The fourth-order valence-corrected chi connectivity index (χ4v) is 1.81. The summed E-state index contributed by atoms with van der Waals surface area (Å²) in [6.07, 6.45) is 5.07. The van der Waals surface area contributed by atoms with Gasteiger partial charge in [-0.3, -0.25) is 0 Å². The molecular formula is C10H20O2. The number of aliphatic hydroxyl groups excluding tert-OH is 1. The molecule has 1 heterocycles. The highest BCUT2D eigenvalue weighted by Crippen LogP contribution is 2.23. The zero-order valence-electron chi connectivity index (χ0n) is 8.12. The van der Waals surface area contributed by atoms with Crippen molar-refractivity contribution in [3.63, 3.8) is 0 Å². The summed E-state index contributed by atoms with van der Waals surface area (Å²) in [6.45, 7) is 4.62. The third-order valence-corrected chi connectivity index (χ3v) is 2.38. The van der Waals surface area contributed by atoms with E-state index >= 15 is 0 Å². The van der Waals surface area contributed by atoms with Crippen LogP contribution in [-0.2, 0) is 4.74 Å². The molecule has 0 aromatic carbocycles. The van der Waals surface area contributed by atoms with Gasteiger partial charge in [0.2, 0.25) is 0 Å². The minimum atomic E-state index is 0.113. The number of hydrogen-bond donors (Lipinski definition) is 1. The molecule has 0 radical (unpaired) electrons. The molecular weight excluding hydrogens is 152 g/mol. The van der Waals surface area contributed by atoms with Crippen molar-refractivity contribution in [3.8, 4) is 0 Å². The molecule has 1 aliphatic heterocycles. The average molecular weight is 172 g/mol. The van der Waals surface area contributed by atoms with Gasteiger partial charge in [-0.25, -0.2) is 0 Å². The first-order chi connectivity index (χ1) is 5.72. The second kappa shape index (κ2) is 4.83. The number of hydrogen-bond acceptors (Lipinski definition) is 2. The van der Waals surface area contributed by atoms with Gasteiger partial charge < -0.3 is 9.84 Å². The molecule has 0 aromatic heterocycles. The van der Waals surface area contributed by atoms with Crippen LogP contribution in [0.4, 0.5) is 0 Å². The first-order valence-electron chi connectivity index (χ1n) is 4.98. The fraction of sp³-hybridized carbons (Fsp3) is 1.00. The molecule has 0 aromatic rings. The van der Waals surface area contributed by atoms with Crippen molar-refractivity contribution < 1.29 is 9.84 Å². The summed E-state index contributed by atoms with van der Waals surface area (Å²) in [5.41, 5.74) is 0. The van der Waals surface area contributed by atoms with Gasteiger partial charge in [-0.2, -0.15) is 0 Å². The van der Waals surface area contributed by atoms with Gasteiger partial charge in [-0.1, -0.05) is 13.8 Å². The van der Waals surface area contributed by atoms with Gasteiger partial charge >= 0.3 is 0 Å². The van der Waals surface area contributed by atoms with E-state index in [1.54, 1.807) is 0 Å². The van der Waals surface area contributed by atoms with Crippen LogP contribution < -0.4 is 0 Å². The number of ether oxygens (including phenoxy) is 1. The van der Waals surface area contributed by atoms with Gasteiger partial charge in [-0.15, -0.1) is 0 Å². The van der Waals surface area contributed by atoms with Crippen LogP contribution in [-0.4, -0.2) is 23.9 Å². The van der Waals surface area contributed by atoms with Gasteiger partial charge in [0.15, 0.2) is 0 Å². The third-order valence-electron chi connectivity index (χ3n) is 2.38. The minimum Gasteiger partial charge on any atom is -0.394 e. The van der Waals surface area contributed by atoms with Crippen LogP contribution in [0.1, 0.15) is 39.5 Å². The average Bonchev–Trinajstić information content (AvgIpc) is 2.03. The maximum atomic E-state index is 8.92. The van der Waals surface area contributed by atoms with Crippen molar-refractivity contribution in [3.05, 3.63) is 0 Å². The molecule has 0 bridgehead atoms. The Morgan fingerprint density at radius 3 is 2.58 bits per heavy atom. The van der Waals surface area contributed by atoms with Crippen LogP contribution in [0, 0.1) is 5.92 Å². The largest absolute Gasteiger partial charge is 0.394 e. The van der Waals surface area contributed by atoms with E-state index in [0.29, 0.717) is 12.0 Å². The lowest BCUT2D eigenvalue weighted by molar-refractivity contribution is -0.0784. The lowest BCUT2D eigenvalue weighted by atomic mass is 9.97. The second-order valence-electron chi connectivity index (χ2n) is 4.12. The Labute approximate surface area is 74.9 Å². The molecule has 0 spiro atoms. The Bertz CT molecular complexity index is 123. The van der Waals surface area contributed by atoms with Gasteiger partial charge in [-0.05, 0) is 31.6 Å². The zero-order chi connectivity index (χ0) is 8.97. The van der Waals surface area contributed by atoms with E-state index in [4.69, 9.17) is 9.84 Å². The predicted octanol–water partition coefficient (Wildman–Crippen LogP) is 1.96. The van der Waals surface area contributed by atoms with E-state index in [1.807, 2.05) is 0 Å². The van der Waals surface area contributed by atoms with Gasteiger partial charge in [0.1, 0.15) is 0 Å². The highest BCUT2D eigenvalue weighted by molar-refractivity contribution is 4.71. The van der Waals surface area contributed by atoms with Crippen molar-refractivity contribution in [2.24, 2.45) is 5.92 Å². The molecule has 72 valence electrons. The molecule has 0 amide bonds. The summed E-state index contributed by atoms with van der Waals surface area (Å²) in [7, 11) is 0. The summed E-state index contributed by atoms with van der Waals surface area (Å²) in [5.74, 6) is 0.701. The second-order valence-corrected chi connectivity index (χ2v) is 4.12.